The minimum atomic E-state index is -0.194. The number of phenolic OH excluding ortho intramolecular Hbond substituents is 1. The van der Waals surface area contributed by atoms with Crippen LogP contribution < -0.4 is 10.1 Å². The number of amides is 1. The second kappa shape index (κ2) is 7.03. The minimum absolute atomic E-state index is 0.0604. The largest absolute Gasteiger partial charge is 0.504 e. The highest BCUT2D eigenvalue weighted by atomic mass is 32.2. The van der Waals surface area contributed by atoms with E-state index in [9.17, 15) is 9.90 Å². The van der Waals surface area contributed by atoms with Gasteiger partial charge in [-0.1, -0.05) is 12.1 Å². The van der Waals surface area contributed by atoms with Crippen molar-refractivity contribution in [2.75, 3.05) is 7.11 Å². The van der Waals surface area contributed by atoms with Crippen molar-refractivity contribution < 1.29 is 14.6 Å². The maximum atomic E-state index is 12.2. The number of aromatic hydroxyl groups is 1. The molecule has 0 unspecified atom stereocenters. The molecule has 25 heavy (non-hydrogen) atoms. The van der Waals surface area contributed by atoms with Crippen LogP contribution in [0.3, 0.4) is 0 Å². The van der Waals surface area contributed by atoms with Crippen molar-refractivity contribution in [3.05, 3.63) is 58.0 Å². The van der Waals surface area contributed by atoms with E-state index in [1.807, 2.05) is 26.0 Å². The van der Waals surface area contributed by atoms with Gasteiger partial charge in [0, 0.05) is 0 Å². The van der Waals surface area contributed by atoms with Gasteiger partial charge in [0.1, 0.15) is 0 Å². The van der Waals surface area contributed by atoms with E-state index in [2.05, 4.69) is 16.4 Å². The van der Waals surface area contributed by atoms with Crippen LogP contribution in [0.15, 0.2) is 46.3 Å². The first kappa shape index (κ1) is 17.1. The number of nitrogens with one attached hydrogen (secondary N) is 1. The maximum absolute atomic E-state index is 12.2. The molecule has 6 heteroatoms. The van der Waals surface area contributed by atoms with Crippen molar-refractivity contribution in [2.45, 2.75) is 13.8 Å². The van der Waals surface area contributed by atoms with Gasteiger partial charge < -0.3 is 15.2 Å². The number of phenols is 1. The van der Waals surface area contributed by atoms with Gasteiger partial charge in [-0.05, 0) is 72.6 Å². The highest BCUT2D eigenvalue weighted by Crippen LogP contribution is 2.31. The number of nitrogens with zero attached hydrogens (tertiary/aromatic N) is 1. The summed E-state index contributed by atoms with van der Waals surface area (Å²) < 4.78 is 5.09. The number of carbonyl (C=O) groups excluding carboxylic acids is 1. The average Bonchev–Trinajstić information content (AvgIpc) is 2.87. The predicted octanol–water partition coefficient (Wildman–Crippen LogP) is 3.91. The molecular weight excluding hydrogens is 336 g/mol. The summed E-state index contributed by atoms with van der Waals surface area (Å²) in [6, 6.07) is 11.0. The number of aryl methyl sites for hydroxylation is 2. The molecule has 5 nitrogen and oxygen atoms in total. The van der Waals surface area contributed by atoms with Crippen LogP contribution in [0.1, 0.15) is 16.7 Å². The Balaban J connectivity index is 1.86. The molecule has 0 atom stereocenters. The number of ether oxygens (including phenoxy) is 1. The third-order valence-corrected chi connectivity index (χ3v) is 4.50. The first-order chi connectivity index (χ1) is 11.9. The molecule has 1 aliphatic heterocycles. The number of benzene rings is 2. The smallest absolute Gasteiger partial charge is 0.264 e. The number of thioether (sulfide) groups is 1. The Morgan fingerprint density at radius 3 is 2.56 bits per heavy atom. The van der Waals surface area contributed by atoms with Gasteiger partial charge in [0.15, 0.2) is 16.7 Å². The van der Waals surface area contributed by atoms with E-state index < -0.39 is 0 Å². The zero-order chi connectivity index (χ0) is 18.0. The summed E-state index contributed by atoms with van der Waals surface area (Å²) in [4.78, 5) is 17.2. The van der Waals surface area contributed by atoms with Crippen LogP contribution in [0, 0.1) is 13.8 Å². The number of hydrogen-bond acceptors (Lipinski definition) is 5. The molecule has 1 amide bonds. The molecule has 2 aromatic rings. The molecule has 0 aromatic heterocycles. The minimum Gasteiger partial charge on any atom is -0.504 e. The Hall–Kier alpha value is -2.73. The van der Waals surface area contributed by atoms with Gasteiger partial charge in [-0.3, -0.25) is 4.79 Å². The van der Waals surface area contributed by atoms with E-state index in [-0.39, 0.29) is 11.7 Å². The summed E-state index contributed by atoms with van der Waals surface area (Å²) in [6.07, 6.45) is 1.74. The lowest BCUT2D eigenvalue weighted by molar-refractivity contribution is -0.115. The Kier molecular flexibility index (Phi) is 4.81. The Labute approximate surface area is 150 Å². The fraction of sp³-hybridized carbons (Fsp3) is 0.158. The van der Waals surface area contributed by atoms with E-state index in [0.717, 1.165) is 22.4 Å². The van der Waals surface area contributed by atoms with E-state index in [4.69, 9.17) is 4.74 Å². The van der Waals surface area contributed by atoms with E-state index >= 15 is 0 Å². The van der Waals surface area contributed by atoms with Crippen molar-refractivity contribution >= 4 is 34.6 Å². The number of hydrogen-bond donors (Lipinski definition) is 2. The van der Waals surface area contributed by atoms with E-state index in [1.165, 1.54) is 24.9 Å². The third-order valence-electron chi connectivity index (χ3n) is 3.59. The van der Waals surface area contributed by atoms with Gasteiger partial charge >= 0.3 is 0 Å². The molecule has 0 bridgehead atoms. The quantitative estimate of drug-likeness (QED) is 0.820. The van der Waals surface area contributed by atoms with E-state index in [1.54, 1.807) is 18.2 Å². The average molecular weight is 354 g/mol. The summed E-state index contributed by atoms with van der Waals surface area (Å²) in [5, 5.41) is 13.0. The fourth-order valence-electron chi connectivity index (χ4n) is 2.55. The van der Waals surface area contributed by atoms with Crippen molar-refractivity contribution in [3.8, 4) is 11.5 Å². The van der Waals surface area contributed by atoms with Gasteiger partial charge in [-0.25, -0.2) is 4.99 Å². The molecule has 0 aliphatic carbocycles. The third kappa shape index (κ3) is 4.03. The zero-order valence-electron chi connectivity index (χ0n) is 14.2. The van der Waals surface area contributed by atoms with Crippen LogP contribution in [0.2, 0.25) is 0 Å². The number of rotatable bonds is 3. The molecule has 128 valence electrons. The predicted molar refractivity (Wildman–Crippen MR) is 101 cm³/mol. The van der Waals surface area contributed by atoms with E-state index in [0.29, 0.717) is 15.8 Å². The molecule has 1 aliphatic rings. The highest BCUT2D eigenvalue weighted by Gasteiger charge is 2.24. The molecule has 1 saturated heterocycles. The van der Waals surface area contributed by atoms with Gasteiger partial charge in [-0.2, -0.15) is 0 Å². The fourth-order valence-corrected chi connectivity index (χ4v) is 3.39. The van der Waals surface area contributed by atoms with Crippen molar-refractivity contribution in [1.29, 1.82) is 0 Å². The maximum Gasteiger partial charge on any atom is 0.264 e. The molecule has 1 fully saturated rings. The van der Waals surface area contributed by atoms with Gasteiger partial charge in [0.05, 0.1) is 17.7 Å². The highest BCUT2D eigenvalue weighted by molar-refractivity contribution is 8.18. The molecule has 1 heterocycles. The van der Waals surface area contributed by atoms with Crippen molar-refractivity contribution in [2.24, 2.45) is 4.99 Å². The molecule has 0 radical (unpaired) electrons. The zero-order valence-corrected chi connectivity index (χ0v) is 15.0. The molecule has 0 saturated carbocycles. The lowest BCUT2D eigenvalue weighted by Crippen LogP contribution is -2.19. The summed E-state index contributed by atoms with van der Waals surface area (Å²) >= 11 is 1.28. The lowest BCUT2D eigenvalue weighted by Gasteiger charge is -2.03. The van der Waals surface area contributed by atoms with Crippen LogP contribution in [0.5, 0.6) is 11.5 Å². The van der Waals surface area contributed by atoms with Gasteiger partial charge in [0.25, 0.3) is 5.91 Å². The molecule has 2 aromatic carbocycles. The summed E-state index contributed by atoms with van der Waals surface area (Å²) in [5.41, 5.74) is 3.83. The molecule has 3 rings (SSSR count). The first-order valence-corrected chi connectivity index (χ1v) is 8.51. The number of amidine groups is 1. The first-order valence-electron chi connectivity index (χ1n) is 7.69. The molecule has 0 spiro atoms. The number of aliphatic imine (C=N–C) groups is 1. The second-order valence-electron chi connectivity index (χ2n) is 5.76. The van der Waals surface area contributed by atoms with Crippen LogP contribution in [-0.4, -0.2) is 23.3 Å². The monoisotopic (exact) mass is 354 g/mol. The summed E-state index contributed by atoms with van der Waals surface area (Å²) in [5.74, 6) is 0.229. The number of carbonyl (C=O) groups is 1. The van der Waals surface area contributed by atoms with Crippen molar-refractivity contribution in [3.63, 3.8) is 0 Å². The molecular formula is C19H18N2O3S. The standard InChI is InChI=1S/C19H18N2O3S/c1-11-6-12(2)8-14(7-11)20-19-21-18(23)17(25-19)10-13-4-5-15(22)16(9-13)24-3/h4-10,22H,1-3H3,(H,20,21,23)/b17-10-. The Morgan fingerprint density at radius 1 is 1.16 bits per heavy atom. The summed E-state index contributed by atoms with van der Waals surface area (Å²) in [7, 11) is 1.48. The second-order valence-corrected chi connectivity index (χ2v) is 6.79. The van der Waals surface area contributed by atoms with Gasteiger partial charge in [0.2, 0.25) is 0 Å². The number of methoxy groups -OCH3 is 1. The SMILES string of the molecule is COc1cc(/C=C2\SC(=Nc3cc(C)cc(C)c3)NC2=O)ccc1O. The lowest BCUT2D eigenvalue weighted by atomic mass is 10.1. The normalized spacial score (nSPS) is 17.2. The topological polar surface area (TPSA) is 70.9 Å². The van der Waals surface area contributed by atoms with Crippen molar-refractivity contribution in [1.82, 2.24) is 5.32 Å². The van der Waals surface area contributed by atoms with Crippen LogP contribution in [0.25, 0.3) is 6.08 Å². The van der Waals surface area contributed by atoms with Crippen LogP contribution >= 0.6 is 11.8 Å². The Morgan fingerprint density at radius 2 is 1.88 bits per heavy atom. The Bertz CT molecular complexity index is 883. The molecule has 2 N–H and O–H groups in total. The van der Waals surface area contributed by atoms with Crippen LogP contribution in [-0.2, 0) is 4.79 Å². The van der Waals surface area contributed by atoms with Crippen LogP contribution in [0.4, 0.5) is 5.69 Å². The van der Waals surface area contributed by atoms with Gasteiger partial charge in [-0.15, -0.1) is 0 Å². The summed E-state index contributed by atoms with van der Waals surface area (Å²) in [6.45, 7) is 4.03.